The molecule has 2 amide bonds. The molecular formula is C21H33N3O4. The van der Waals surface area contributed by atoms with Crippen LogP contribution in [0.3, 0.4) is 0 Å². The zero-order valence-electron chi connectivity index (χ0n) is 17.2. The van der Waals surface area contributed by atoms with E-state index in [1.807, 2.05) is 19.1 Å². The Hall–Kier alpha value is -1.99. The molecule has 7 heteroatoms. The lowest BCUT2D eigenvalue weighted by molar-refractivity contribution is -0.130. The molecule has 1 aliphatic carbocycles. The fourth-order valence-corrected chi connectivity index (χ4v) is 3.51. The second-order valence-corrected chi connectivity index (χ2v) is 7.36. The van der Waals surface area contributed by atoms with Gasteiger partial charge in [-0.3, -0.25) is 14.6 Å². The van der Waals surface area contributed by atoms with Gasteiger partial charge in [0.1, 0.15) is 0 Å². The quantitative estimate of drug-likeness (QED) is 0.638. The Morgan fingerprint density at radius 1 is 1.29 bits per heavy atom. The van der Waals surface area contributed by atoms with Crippen molar-refractivity contribution < 1.29 is 19.1 Å². The summed E-state index contributed by atoms with van der Waals surface area (Å²) in [6.45, 7) is 5.51. The van der Waals surface area contributed by atoms with Crippen LogP contribution in [-0.4, -0.2) is 49.3 Å². The Balaban J connectivity index is 1.88. The Bertz CT molecular complexity index is 638. The van der Waals surface area contributed by atoms with E-state index < -0.39 is 0 Å². The highest BCUT2D eigenvalue weighted by atomic mass is 16.5. The first-order chi connectivity index (χ1) is 13.5. The maximum atomic E-state index is 12.7. The molecule has 2 N–H and O–H groups in total. The smallest absolute Gasteiger partial charge is 0.223 e. The molecule has 0 saturated heterocycles. The van der Waals surface area contributed by atoms with E-state index >= 15 is 0 Å². The Morgan fingerprint density at radius 2 is 2.11 bits per heavy atom. The van der Waals surface area contributed by atoms with Crippen LogP contribution >= 0.6 is 0 Å². The molecule has 2 rings (SSSR count). The minimum Gasteiger partial charge on any atom is -0.384 e. The summed E-state index contributed by atoms with van der Waals surface area (Å²) < 4.78 is 10.9. The minimum atomic E-state index is -0.140. The number of carbonyl (C=O) groups excluding carboxylic acids is 2. The molecule has 7 nitrogen and oxygen atoms in total. The van der Waals surface area contributed by atoms with Crippen LogP contribution in [0.1, 0.15) is 50.3 Å². The van der Waals surface area contributed by atoms with E-state index in [-0.39, 0.29) is 29.9 Å². The molecule has 0 bridgehead atoms. The number of nitrogens with zero attached hydrogens (tertiary/aromatic N) is 1. The number of methoxy groups -OCH3 is 1. The highest BCUT2D eigenvalue weighted by Gasteiger charge is 2.35. The van der Waals surface area contributed by atoms with E-state index in [2.05, 4.69) is 22.5 Å². The average Bonchev–Trinajstić information content (AvgIpc) is 2.69. The first-order valence-electron chi connectivity index (χ1n) is 10.1. The van der Waals surface area contributed by atoms with Gasteiger partial charge in [-0.2, -0.15) is 0 Å². The fraction of sp³-hybridized carbons (Fsp3) is 0.667. The predicted octanol–water partition coefficient (Wildman–Crippen LogP) is 2.12. The number of amides is 2. The molecule has 0 radical (unpaired) electrons. The summed E-state index contributed by atoms with van der Waals surface area (Å²) in [6.07, 6.45) is 4.95. The van der Waals surface area contributed by atoms with E-state index in [1.165, 1.54) is 0 Å². The van der Waals surface area contributed by atoms with E-state index in [9.17, 15) is 9.59 Å². The molecule has 0 aliphatic heterocycles. The summed E-state index contributed by atoms with van der Waals surface area (Å²) in [6, 6.07) is 3.83. The van der Waals surface area contributed by atoms with Crippen molar-refractivity contribution in [2.75, 3.05) is 20.3 Å². The van der Waals surface area contributed by atoms with Crippen LogP contribution in [0.5, 0.6) is 0 Å². The van der Waals surface area contributed by atoms with E-state index in [4.69, 9.17) is 9.47 Å². The lowest BCUT2D eigenvalue weighted by Crippen LogP contribution is -2.50. The molecule has 1 aromatic heterocycles. The van der Waals surface area contributed by atoms with Gasteiger partial charge in [-0.25, -0.2) is 0 Å². The number of carbonyl (C=O) groups is 2. The molecular weight excluding hydrogens is 358 g/mol. The molecule has 1 aromatic rings. The fourth-order valence-electron chi connectivity index (χ4n) is 3.51. The summed E-state index contributed by atoms with van der Waals surface area (Å²) in [4.78, 5) is 28.9. The molecule has 156 valence electrons. The summed E-state index contributed by atoms with van der Waals surface area (Å²) >= 11 is 0. The van der Waals surface area contributed by atoms with Gasteiger partial charge >= 0.3 is 0 Å². The van der Waals surface area contributed by atoms with Crippen LogP contribution in [0.15, 0.2) is 18.3 Å². The molecule has 28 heavy (non-hydrogen) atoms. The average molecular weight is 392 g/mol. The number of pyridine rings is 1. The lowest BCUT2D eigenvalue weighted by atomic mass is 9.83. The third-order valence-corrected chi connectivity index (χ3v) is 5.01. The number of aromatic nitrogens is 1. The third-order valence-electron chi connectivity index (χ3n) is 5.01. The number of hydrogen-bond acceptors (Lipinski definition) is 5. The maximum Gasteiger partial charge on any atom is 0.223 e. The van der Waals surface area contributed by atoms with Gasteiger partial charge in [-0.15, -0.1) is 0 Å². The van der Waals surface area contributed by atoms with Crippen molar-refractivity contribution in [3.63, 3.8) is 0 Å². The zero-order valence-corrected chi connectivity index (χ0v) is 17.2. The van der Waals surface area contributed by atoms with Crippen LogP contribution in [0.4, 0.5) is 0 Å². The molecule has 1 aliphatic rings. The van der Waals surface area contributed by atoms with Gasteiger partial charge in [0, 0.05) is 44.5 Å². The topological polar surface area (TPSA) is 89.5 Å². The van der Waals surface area contributed by atoms with E-state index in [0.717, 1.165) is 30.5 Å². The molecule has 1 heterocycles. The SMILES string of the molecule is CCCO[C@@H]1C[C@@H](C(=O)NCc2ccnc(C)c2)CC[C@H]1NC(=O)CCOC. The van der Waals surface area contributed by atoms with Crippen LogP contribution in [-0.2, 0) is 25.6 Å². The van der Waals surface area contributed by atoms with Crippen molar-refractivity contribution in [2.45, 2.75) is 64.6 Å². The second kappa shape index (κ2) is 11.8. The van der Waals surface area contributed by atoms with Gasteiger partial charge in [0.05, 0.1) is 18.8 Å². The van der Waals surface area contributed by atoms with Crippen LogP contribution in [0.25, 0.3) is 0 Å². The first kappa shape index (κ1) is 22.3. The first-order valence-corrected chi connectivity index (χ1v) is 10.1. The predicted molar refractivity (Wildman–Crippen MR) is 107 cm³/mol. The summed E-state index contributed by atoms with van der Waals surface area (Å²) in [5.41, 5.74) is 1.98. The summed E-state index contributed by atoms with van der Waals surface area (Å²) in [5.74, 6) is -0.0893. The van der Waals surface area contributed by atoms with Crippen LogP contribution < -0.4 is 10.6 Å². The van der Waals surface area contributed by atoms with Gasteiger partial charge in [0.15, 0.2) is 0 Å². The van der Waals surface area contributed by atoms with Gasteiger partial charge < -0.3 is 20.1 Å². The van der Waals surface area contributed by atoms with E-state index in [0.29, 0.717) is 32.6 Å². The maximum absolute atomic E-state index is 12.7. The molecule has 0 aromatic carbocycles. The number of ether oxygens (including phenoxy) is 2. The minimum absolute atomic E-state index is 0.0343. The number of nitrogens with one attached hydrogen (secondary N) is 2. The number of aryl methyl sites for hydroxylation is 1. The van der Waals surface area contributed by atoms with Gasteiger partial charge in [-0.05, 0) is 50.3 Å². The van der Waals surface area contributed by atoms with Crippen molar-refractivity contribution in [2.24, 2.45) is 5.92 Å². The largest absolute Gasteiger partial charge is 0.384 e. The van der Waals surface area contributed by atoms with Crippen molar-refractivity contribution in [3.05, 3.63) is 29.6 Å². The molecule has 0 spiro atoms. The van der Waals surface area contributed by atoms with E-state index in [1.54, 1.807) is 13.3 Å². The van der Waals surface area contributed by atoms with Crippen LogP contribution in [0.2, 0.25) is 0 Å². The van der Waals surface area contributed by atoms with Crippen molar-refractivity contribution in [1.29, 1.82) is 0 Å². The Labute approximate surface area is 167 Å². The Kier molecular flexibility index (Phi) is 9.37. The van der Waals surface area contributed by atoms with Gasteiger partial charge in [0.2, 0.25) is 11.8 Å². The summed E-state index contributed by atoms with van der Waals surface area (Å²) in [5, 5.41) is 6.08. The number of hydrogen-bond donors (Lipinski definition) is 2. The van der Waals surface area contributed by atoms with Crippen molar-refractivity contribution >= 4 is 11.8 Å². The molecule has 1 saturated carbocycles. The standard InChI is InChI=1S/C21H33N3O4/c1-4-10-28-19-13-17(5-6-18(19)24-20(25)8-11-27-3)21(26)23-14-16-7-9-22-15(2)12-16/h7,9,12,17-19H,4-6,8,10-11,13-14H2,1-3H3,(H,23,26)(H,24,25)/t17-,18+,19+/m0/s1. The van der Waals surface area contributed by atoms with Gasteiger partial charge in [0.25, 0.3) is 0 Å². The lowest BCUT2D eigenvalue weighted by Gasteiger charge is -2.36. The highest BCUT2D eigenvalue weighted by Crippen LogP contribution is 2.27. The normalized spacial score (nSPS) is 21.9. The van der Waals surface area contributed by atoms with Crippen molar-refractivity contribution in [3.8, 4) is 0 Å². The highest BCUT2D eigenvalue weighted by molar-refractivity contribution is 5.79. The zero-order chi connectivity index (χ0) is 20.4. The van der Waals surface area contributed by atoms with Crippen molar-refractivity contribution in [1.82, 2.24) is 15.6 Å². The molecule has 3 atom stereocenters. The molecule has 0 unspecified atom stereocenters. The van der Waals surface area contributed by atoms with Crippen LogP contribution in [0, 0.1) is 12.8 Å². The molecule has 1 fully saturated rings. The third kappa shape index (κ3) is 7.20. The second-order valence-electron chi connectivity index (χ2n) is 7.36. The Morgan fingerprint density at radius 3 is 2.82 bits per heavy atom. The number of rotatable bonds is 10. The summed E-state index contributed by atoms with van der Waals surface area (Å²) in [7, 11) is 1.58. The monoisotopic (exact) mass is 391 g/mol. The van der Waals surface area contributed by atoms with Gasteiger partial charge in [-0.1, -0.05) is 6.92 Å².